The van der Waals surface area contributed by atoms with Crippen molar-refractivity contribution in [3.63, 3.8) is 0 Å². The van der Waals surface area contributed by atoms with Crippen LogP contribution in [0.25, 0.3) is 0 Å². The zero-order valence-corrected chi connectivity index (χ0v) is 9.56. The molecule has 3 N–H and O–H groups in total. The van der Waals surface area contributed by atoms with E-state index >= 15 is 0 Å². The third-order valence-corrected chi connectivity index (χ3v) is 1.82. The van der Waals surface area contributed by atoms with E-state index in [-0.39, 0.29) is 11.9 Å². The van der Waals surface area contributed by atoms with Crippen LogP contribution in [-0.4, -0.2) is 30.1 Å². The Kier molecular flexibility index (Phi) is 4.72. The van der Waals surface area contributed by atoms with Gasteiger partial charge in [0.1, 0.15) is 23.9 Å². The molecule has 0 aliphatic carbocycles. The molecular formula is C11H17N3O2. The molecule has 0 saturated heterocycles. The second kappa shape index (κ2) is 6.07. The number of hydrogen-bond donors (Lipinski definition) is 2. The SMILES string of the molecule is CC(C)OCCOc1cccnc1C(=N)N. The summed E-state index contributed by atoms with van der Waals surface area (Å²) in [7, 11) is 0. The predicted octanol–water partition coefficient (Wildman–Crippen LogP) is 1.17. The van der Waals surface area contributed by atoms with Crippen LogP contribution in [0.3, 0.4) is 0 Å². The van der Waals surface area contributed by atoms with E-state index in [4.69, 9.17) is 20.6 Å². The third-order valence-electron chi connectivity index (χ3n) is 1.82. The molecular weight excluding hydrogens is 206 g/mol. The van der Waals surface area contributed by atoms with Crippen LogP contribution in [0, 0.1) is 5.41 Å². The van der Waals surface area contributed by atoms with E-state index in [0.29, 0.717) is 24.7 Å². The first kappa shape index (κ1) is 12.4. The van der Waals surface area contributed by atoms with Crippen molar-refractivity contribution in [2.75, 3.05) is 13.2 Å². The number of rotatable bonds is 6. The summed E-state index contributed by atoms with van der Waals surface area (Å²) in [5, 5.41) is 7.33. The fourth-order valence-corrected chi connectivity index (χ4v) is 1.14. The Hall–Kier alpha value is -1.62. The standard InChI is InChI=1S/C11H17N3O2/c1-8(2)15-6-7-16-9-4-3-5-14-10(9)11(12)13/h3-5,8H,6-7H2,1-2H3,(H3,12,13). The van der Waals surface area contributed by atoms with Crippen molar-refractivity contribution < 1.29 is 9.47 Å². The molecule has 0 unspecified atom stereocenters. The van der Waals surface area contributed by atoms with Crippen molar-refractivity contribution in [2.24, 2.45) is 5.73 Å². The van der Waals surface area contributed by atoms with Gasteiger partial charge in [-0.25, -0.2) is 4.98 Å². The number of nitrogens with one attached hydrogen (secondary N) is 1. The molecule has 0 aliphatic heterocycles. The summed E-state index contributed by atoms with van der Waals surface area (Å²) in [5.41, 5.74) is 5.74. The molecule has 0 aliphatic rings. The summed E-state index contributed by atoms with van der Waals surface area (Å²) in [5.74, 6) is 0.419. The minimum absolute atomic E-state index is 0.0969. The lowest BCUT2D eigenvalue weighted by Crippen LogP contribution is -2.17. The Bertz CT molecular complexity index is 353. The second-order valence-corrected chi connectivity index (χ2v) is 3.53. The molecule has 0 fully saturated rings. The normalized spacial score (nSPS) is 10.4. The van der Waals surface area contributed by atoms with Crippen LogP contribution in [0.4, 0.5) is 0 Å². The van der Waals surface area contributed by atoms with Crippen molar-refractivity contribution >= 4 is 5.84 Å². The molecule has 0 atom stereocenters. The van der Waals surface area contributed by atoms with E-state index in [2.05, 4.69) is 4.98 Å². The van der Waals surface area contributed by atoms with E-state index < -0.39 is 0 Å². The highest BCUT2D eigenvalue weighted by atomic mass is 16.5. The van der Waals surface area contributed by atoms with E-state index in [1.54, 1.807) is 18.3 Å². The Morgan fingerprint density at radius 2 is 2.25 bits per heavy atom. The molecule has 0 spiro atoms. The van der Waals surface area contributed by atoms with Gasteiger partial charge in [-0.1, -0.05) is 0 Å². The Morgan fingerprint density at radius 3 is 2.88 bits per heavy atom. The van der Waals surface area contributed by atoms with Crippen LogP contribution in [0.1, 0.15) is 19.5 Å². The van der Waals surface area contributed by atoms with Crippen molar-refractivity contribution in [2.45, 2.75) is 20.0 Å². The average molecular weight is 223 g/mol. The first-order chi connectivity index (χ1) is 7.61. The summed E-state index contributed by atoms with van der Waals surface area (Å²) in [6, 6.07) is 3.48. The number of nitrogens with two attached hydrogens (primary N) is 1. The Labute approximate surface area is 95.1 Å². The highest BCUT2D eigenvalue weighted by molar-refractivity contribution is 5.95. The lowest BCUT2D eigenvalue weighted by Gasteiger charge is -2.11. The zero-order valence-electron chi connectivity index (χ0n) is 9.56. The van der Waals surface area contributed by atoms with E-state index in [1.807, 2.05) is 13.8 Å². The van der Waals surface area contributed by atoms with E-state index in [9.17, 15) is 0 Å². The highest BCUT2D eigenvalue weighted by Gasteiger charge is 2.06. The number of amidine groups is 1. The summed E-state index contributed by atoms with van der Waals surface area (Å²) in [6.45, 7) is 4.85. The van der Waals surface area contributed by atoms with Gasteiger partial charge in [-0.3, -0.25) is 5.41 Å². The van der Waals surface area contributed by atoms with Crippen molar-refractivity contribution in [1.82, 2.24) is 4.98 Å². The maximum atomic E-state index is 7.33. The molecule has 5 nitrogen and oxygen atoms in total. The van der Waals surface area contributed by atoms with E-state index in [0.717, 1.165) is 0 Å². The summed E-state index contributed by atoms with van der Waals surface area (Å²) in [6.07, 6.45) is 1.76. The fraction of sp³-hybridized carbons (Fsp3) is 0.455. The van der Waals surface area contributed by atoms with Gasteiger partial charge in [0.25, 0.3) is 0 Å². The number of nitrogens with zero attached hydrogens (tertiary/aromatic N) is 1. The predicted molar refractivity (Wildman–Crippen MR) is 61.8 cm³/mol. The molecule has 0 radical (unpaired) electrons. The maximum Gasteiger partial charge on any atom is 0.148 e. The van der Waals surface area contributed by atoms with Gasteiger partial charge in [0.15, 0.2) is 0 Å². The summed E-state index contributed by atoms with van der Waals surface area (Å²) >= 11 is 0. The van der Waals surface area contributed by atoms with Gasteiger partial charge < -0.3 is 15.2 Å². The van der Waals surface area contributed by atoms with Gasteiger partial charge in [0.05, 0.1) is 12.7 Å². The third kappa shape index (κ3) is 3.86. The first-order valence-electron chi connectivity index (χ1n) is 5.15. The second-order valence-electron chi connectivity index (χ2n) is 3.53. The Balaban J connectivity index is 2.50. The minimum atomic E-state index is -0.0969. The molecule has 88 valence electrons. The topological polar surface area (TPSA) is 81.2 Å². The van der Waals surface area contributed by atoms with Gasteiger partial charge in [-0.2, -0.15) is 0 Å². The lowest BCUT2D eigenvalue weighted by molar-refractivity contribution is 0.0551. The van der Waals surface area contributed by atoms with Crippen LogP contribution in [0.5, 0.6) is 5.75 Å². The zero-order chi connectivity index (χ0) is 12.0. The first-order valence-corrected chi connectivity index (χ1v) is 5.15. The number of nitrogen functional groups attached to an aromatic ring is 1. The smallest absolute Gasteiger partial charge is 0.148 e. The summed E-state index contributed by atoms with van der Waals surface area (Å²) < 4.78 is 10.8. The largest absolute Gasteiger partial charge is 0.489 e. The summed E-state index contributed by atoms with van der Waals surface area (Å²) in [4.78, 5) is 3.98. The van der Waals surface area contributed by atoms with Crippen LogP contribution in [0.15, 0.2) is 18.3 Å². The van der Waals surface area contributed by atoms with Gasteiger partial charge in [0, 0.05) is 6.20 Å². The van der Waals surface area contributed by atoms with Gasteiger partial charge in [-0.05, 0) is 26.0 Å². The molecule has 5 heteroatoms. The molecule has 1 aromatic rings. The number of pyridine rings is 1. The number of aromatic nitrogens is 1. The quantitative estimate of drug-likeness (QED) is 0.431. The lowest BCUT2D eigenvalue weighted by atomic mass is 10.3. The number of hydrogen-bond acceptors (Lipinski definition) is 4. The van der Waals surface area contributed by atoms with E-state index in [1.165, 1.54) is 0 Å². The minimum Gasteiger partial charge on any atom is -0.489 e. The van der Waals surface area contributed by atoms with Crippen LogP contribution in [-0.2, 0) is 4.74 Å². The van der Waals surface area contributed by atoms with Crippen molar-refractivity contribution in [3.05, 3.63) is 24.0 Å². The van der Waals surface area contributed by atoms with Gasteiger partial charge in [-0.15, -0.1) is 0 Å². The number of ether oxygens (including phenoxy) is 2. The molecule has 1 aromatic heterocycles. The molecule has 16 heavy (non-hydrogen) atoms. The maximum absolute atomic E-state index is 7.33. The molecule has 1 heterocycles. The Morgan fingerprint density at radius 1 is 1.50 bits per heavy atom. The van der Waals surface area contributed by atoms with Crippen LogP contribution >= 0.6 is 0 Å². The average Bonchev–Trinajstić information content (AvgIpc) is 2.24. The fourth-order valence-electron chi connectivity index (χ4n) is 1.14. The molecule has 0 bridgehead atoms. The molecule has 0 aromatic carbocycles. The molecule has 0 saturated carbocycles. The van der Waals surface area contributed by atoms with Crippen LogP contribution < -0.4 is 10.5 Å². The molecule has 1 rings (SSSR count). The highest BCUT2D eigenvalue weighted by Crippen LogP contribution is 2.14. The van der Waals surface area contributed by atoms with Gasteiger partial charge >= 0.3 is 0 Å². The van der Waals surface area contributed by atoms with Crippen molar-refractivity contribution in [1.29, 1.82) is 5.41 Å². The monoisotopic (exact) mass is 223 g/mol. The van der Waals surface area contributed by atoms with Crippen molar-refractivity contribution in [3.8, 4) is 5.75 Å². The van der Waals surface area contributed by atoms with Crippen LogP contribution in [0.2, 0.25) is 0 Å². The molecule has 0 amide bonds. The van der Waals surface area contributed by atoms with Gasteiger partial charge in [0.2, 0.25) is 0 Å².